The van der Waals surface area contributed by atoms with Crippen molar-refractivity contribution in [2.24, 2.45) is 0 Å². The van der Waals surface area contributed by atoms with E-state index >= 15 is 0 Å². The molecule has 0 N–H and O–H groups in total. The van der Waals surface area contributed by atoms with Crippen molar-refractivity contribution in [3.8, 4) is 0 Å². The summed E-state index contributed by atoms with van der Waals surface area (Å²) in [6.07, 6.45) is 4.52. The molecule has 29 heavy (non-hydrogen) atoms. The van der Waals surface area contributed by atoms with Crippen LogP contribution < -0.4 is 0 Å². The monoisotopic (exact) mass is 413 g/mol. The molecule has 1 aromatic heterocycles. The zero-order chi connectivity index (χ0) is 20.3. The number of morpholine rings is 1. The largest absolute Gasteiger partial charge is 0.368 e. The van der Waals surface area contributed by atoms with Crippen LogP contribution in [0.4, 0.5) is 0 Å². The van der Waals surface area contributed by atoms with Crippen LogP contribution in [0.1, 0.15) is 35.8 Å². The molecule has 154 valence electrons. The number of amides is 1. The van der Waals surface area contributed by atoms with E-state index in [4.69, 9.17) is 16.3 Å². The van der Waals surface area contributed by atoms with Crippen molar-refractivity contribution in [2.45, 2.75) is 37.9 Å². The highest BCUT2D eigenvalue weighted by atomic mass is 35.5. The van der Waals surface area contributed by atoms with Crippen LogP contribution in [0.5, 0.6) is 0 Å². The smallest absolute Gasteiger partial charge is 0.272 e. The number of likely N-dealkylation sites (tertiary alicyclic amines) is 1. The van der Waals surface area contributed by atoms with Crippen LogP contribution in [0.3, 0.4) is 0 Å². The second kappa shape index (κ2) is 8.82. The van der Waals surface area contributed by atoms with Crippen LogP contribution >= 0.6 is 11.6 Å². The van der Waals surface area contributed by atoms with Gasteiger partial charge in [0.15, 0.2) is 0 Å². The van der Waals surface area contributed by atoms with Gasteiger partial charge in [0.05, 0.1) is 23.3 Å². The summed E-state index contributed by atoms with van der Waals surface area (Å²) in [7, 11) is 0. The molecular weight excluding hydrogens is 386 g/mol. The van der Waals surface area contributed by atoms with Crippen molar-refractivity contribution in [1.82, 2.24) is 14.8 Å². The Morgan fingerprint density at radius 2 is 1.97 bits per heavy atom. The normalized spacial score (nSPS) is 22.0. The molecule has 1 spiro atoms. The van der Waals surface area contributed by atoms with E-state index in [1.165, 1.54) is 11.8 Å². The average molecular weight is 414 g/mol. The van der Waals surface area contributed by atoms with Gasteiger partial charge >= 0.3 is 0 Å². The summed E-state index contributed by atoms with van der Waals surface area (Å²) in [4.78, 5) is 21.6. The summed E-state index contributed by atoms with van der Waals surface area (Å²) >= 11 is 5.91. The number of rotatable bonds is 4. The van der Waals surface area contributed by atoms with Gasteiger partial charge in [0.2, 0.25) is 0 Å². The summed E-state index contributed by atoms with van der Waals surface area (Å²) < 4.78 is 6.40. The van der Waals surface area contributed by atoms with E-state index in [2.05, 4.69) is 47.1 Å². The van der Waals surface area contributed by atoms with Crippen LogP contribution in [-0.2, 0) is 11.2 Å². The minimum Gasteiger partial charge on any atom is -0.368 e. The molecule has 1 unspecified atom stereocenters. The number of halogens is 1. The second-order valence-electron chi connectivity index (χ2n) is 8.24. The first-order chi connectivity index (χ1) is 14.0. The molecular formula is C23H28ClN3O2. The van der Waals surface area contributed by atoms with Gasteiger partial charge in [0.1, 0.15) is 5.69 Å². The summed E-state index contributed by atoms with van der Waals surface area (Å²) in [5.74, 6) is -0.0392. The molecule has 2 aliphatic rings. The van der Waals surface area contributed by atoms with Crippen molar-refractivity contribution >= 4 is 17.5 Å². The Labute approximate surface area is 177 Å². The lowest BCUT2D eigenvalue weighted by atomic mass is 9.88. The topological polar surface area (TPSA) is 45.7 Å². The predicted molar refractivity (Wildman–Crippen MR) is 114 cm³/mol. The molecule has 1 aromatic carbocycles. The summed E-state index contributed by atoms with van der Waals surface area (Å²) in [5.41, 5.74) is 1.57. The fourth-order valence-electron chi connectivity index (χ4n) is 4.44. The maximum atomic E-state index is 13.0. The maximum Gasteiger partial charge on any atom is 0.272 e. The van der Waals surface area contributed by atoms with Gasteiger partial charge in [-0.2, -0.15) is 0 Å². The van der Waals surface area contributed by atoms with Crippen molar-refractivity contribution in [3.63, 3.8) is 0 Å². The van der Waals surface area contributed by atoms with Gasteiger partial charge in [0, 0.05) is 32.4 Å². The fourth-order valence-corrected chi connectivity index (χ4v) is 4.55. The third kappa shape index (κ3) is 4.97. The highest BCUT2D eigenvalue weighted by Crippen LogP contribution is 2.33. The number of aromatic nitrogens is 1. The van der Waals surface area contributed by atoms with E-state index in [-0.39, 0.29) is 17.6 Å². The minimum absolute atomic E-state index is 0.0240. The first kappa shape index (κ1) is 20.3. The number of benzene rings is 1. The van der Waals surface area contributed by atoms with Crippen LogP contribution in [0.15, 0.2) is 48.7 Å². The molecule has 5 nitrogen and oxygen atoms in total. The van der Waals surface area contributed by atoms with Crippen molar-refractivity contribution in [1.29, 1.82) is 0 Å². The van der Waals surface area contributed by atoms with Gasteiger partial charge in [0.25, 0.3) is 5.91 Å². The van der Waals surface area contributed by atoms with E-state index in [1.807, 2.05) is 4.90 Å². The Balaban J connectivity index is 1.35. The molecule has 0 saturated carbocycles. The zero-order valence-corrected chi connectivity index (χ0v) is 17.6. The Morgan fingerprint density at radius 3 is 2.66 bits per heavy atom. The van der Waals surface area contributed by atoms with Gasteiger partial charge in [-0.05, 0) is 43.9 Å². The molecule has 4 rings (SSSR count). The highest BCUT2D eigenvalue weighted by molar-refractivity contribution is 6.30. The Morgan fingerprint density at radius 1 is 1.21 bits per heavy atom. The third-order valence-corrected chi connectivity index (χ3v) is 6.19. The quantitative estimate of drug-likeness (QED) is 0.767. The van der Waals surface area contributed by atoms with Gasteiger partial charge < -0.3 is 14.5 Å². The van der Waals surface area contributed by atoms with E-state index < -0.39 is 0 Å². The van der Waals surface area contributed by atoms with Crippen LogP contribution in [0.2, 0.25) is 5.02 Å². The van der Waals surface area contributed by atoms with Gasteiger partial charge in [-0.1, -0.05) is 41.9 Å². The third-order valence-electron chi connectivity index (χ3n) is 5.97. The average Bonchev–Trinajstić information content (AvgIpc) is 2.74. The summed E-state index contributed by atoms with van der Waals surface area (Å²) in [5, 5.41) is 0.538. The first-order valence-electron chi connectivity index (χ1n) is 10.4. The van der Waals surface area contributed by atoms with Crippen LogP contribution in [-0.4, -0.2) is 65.1 Å². The number of carbonyl (C=O) groups excluding carboxylic acids is 1. The van der Waals surface area contributed by atoms with E-state index in [0.717, 1.165) is 38.9 Å². The van der Waals surface area contributed by atoms with E-state index in [1.54, 1.807) is 12.1 Å². The van der Waals surface area contributed by atoms with E-state index in [9.17, 15) is 4.79 Å². The lowest BCUT2D eigenvalue weighted by Crippen LogP contribution is -2.60. The number of nitrogens with zero attached hydrogens (tertiary/aromatic N) is 3. The Kier molecular flexibility index (Phi) is 6.18. The Bertz CT molecular complexity index is 820. The van der Waals surface area contributed by atoms with Crippen LogP contribution in [0.25, 0.3) is 0 Å². The lowest BCUT2D eigenvalue weighted by molar-refractivity contribution is -0.161. The van der Waals surface area contributed by atoms with Crippen molar-refractivity contribution in [2.75, 3.05) is 32.7 Å². The number of hydrogen-bond acceptors (Lipinski definition) is 4. The number of pyridine rings is 1. The maximum absolute atomic E-state index is 13.0. The van der Waals surface area contributed by atoms with Gasteiger partial charge in [-0.15, -0.1) is 0 Å². The van der Waals surface area contributed by atoms with Gasteiger partial charge in [-0.3, -0.25) is 4.79 Å². The van der Waals surface area contributed by atoms with Crippen molar-refractivity contribution in [3.05, 3.63) is 64.9 Å². The number of carbonyl (C=O) groups is 1. The highest BCUT2D eigenvalue weighted by Gasteiger charge is 2.43. The molecule has 0 aliphatic carbocycles. The standard InChI is InChI=1S/C23H28ClN3O2/c1-18-16-27(22(28)21-8-7-20(24)15-25-21)17-23(29-18)10-13-26(14-11-23)12-9-19-5-3-2-4-6-19/h2-8,15,18H,9-14,16-17H2,1H3. The fraction of sp³-hybridized carbons (Fsp3) is 0.478. The molecule has 2 fully saturated rings. The first-order valence-corrected chi connectivity index (χ1v) is 10.8. The summed E-state index contributed by atoms with van der Waals surface area (Å²) in [6.45, 7) is 6.35. The Hall–Kier alpha value is -1.95. The number of hydrogen-bond donors (Lipinski definition) is 0. The molecule has 6 heteroatoms. The molecule has 2 saturated heterocycles. The molecule has 3 heterocycles. The predicted octanol–water partition coefficient (Wildman–Crippen LogP) is 3.67. The molecule has 2 aromatic rings. The SMILES string of the molecule is CC1CN(C(=O)c2ccc(Cl)cn2)CC2(CCN(CCc3ccccc3)CC2)O1. The molecule has 1 atom stereocenters. The van der Waals surface area contributed by atoms with E-state index in [0.29, 0.717) is 23.8 Å². The van der Waals surface area contributed by atoms with Crippen molar-refractivity contribution < 1.29 is 9.53 Å². The molecule has 2 aliphatic heterocycles. The molecule has 1 amide bonds. The molecule has 0 bridgehead atoms. The minimum atomic E-state index is -0.247. The number of piperidine rings is 1. The summed E-state index contributed by atoms with van der Waals surface area (Å²) in [6, 6.07) is 14.0. The molecule has 0 radical (unpaired) electrons. The number of ether oxygens (including phenoxy) is 1. The van der Waals surface area contributed by atoms with Gasteiger partial charge in [-0.25, -0.2) is 4.98 Å². The lowest BCUT2D eigenvalue weighted by Gasteiger charge is -2.49. The van der Waals surface area contributed by atoms with Crippen LogP contribution in [0, 0.1) is 0 Å². The second-order valence-corrected chi connectivity index (χ2v) is 8.67. The zero-order valence-electron chi connectivity index (χ0n) is 16.9.